The fourth-order valence-electron chi connectivity index (χ4n) is 8.50. The van der Waals surface area contributed by atoms with E-state index in [9.17, 15) is 10.2 Å². The van der Waals surface area contributed by atoms with Gasteiger partial charge >= 0.3 is 0 Å². The summed E-state index contributed by atoms with van der Waals surface area (Å²) in [5.74, 6) is -0.107. The summed E-state index contributed by atoms with van der Waals surface area (Å²) in [6.07, 6.45) is 4.94. The summed E-state index contributed by atoms with van der Waals surface area (Å²) >= 11 is 0. The van der Waals surface area contributed by atoms with Gasteiger partial charge in [-0.2, -0.15) is 0 Å². The molecule has 4 fully saturated rings. The lowest BCUT2D eigenvalue weighted by Crippen LogP contribution is -2.78. The number of aliphatic hydroxyl groups excluding tert-OH is 2. The van der Waals surface area contributed by atoms with Gasteiger partial charge in [0.1, 0.15) is 23.0 Å². The third-order valence-corrected chi connectivity index (χ3v) is 10.2. The standard InChI is InChI=1S/C26H34F2N2O3/c1-22-8-9-23(27)15-25(28)21(32)20(31)18(30(2)3)13-24(25)10-11-26(23,33-24)19(22)7-6-17(22)16-5-4-12-29-14-16/h4-6,12,14,18-21,31-32H,7-11,13,15H2,1-3H3. The molecular weight excluding hydrogens is 426 g/mol. The van der Waals surface area contributed by atoms with Crippen LogP contribution in [-0.2, 0) is 4.74 Å². The number of halogens is 2. The Morgan fingerprint density at radius 1 is 1.15 bits per heavy atom. The number of likely N-dealkylation sites (N-methyl/N-ethyl adjacent to an activating group) is 1. The Morgan fingerprint density at radius 2 is 1.94 bits per heavy atom. The van der Waals surface area contributed by atoms with Gasteiger partial charge in [0.2, 0.25) is 0 Å². The second kappa shape index (κ2) is 6.62. The lowest BCUT2D eigenvalue weighted by atomic mass is 9.51. The van der Waals surface area contributed by atoms with Crippen molar-refractivity contribution in [3.63, 3.8) is 0 Å². The van der Waals surface area contributed by atoms with Crippen LogP contribution in [0.15, 0.2) is 30.6 Å². The van der Waals surface area contributed by atoms with E-state index in [4.69, 9.17) is 4.74 Å². The number of pyridine rings is 1. The molecule has 2 saturated carbocycles. The smallest absolute Gasteiger partial charge is 0.171 e. The summed E-state index contributed by atoms with van der Waals surface area (Å²) in [6, 6.07) is 3.52. The highest BCUT2D eigenvalue weighted by Gasteiger charge is 2.82. The van der Waals surface area contributed by atoms with Gasteiger partial charge in [-0.3, -0.25) is 4.98 Å². The molecule has 33 heavy (non-hydrogen) atoms. The third-order valence-electron chi connectivity index (χ3n) is 10.2. The maximum absolute atomic E-state index is 17.0. The Balaban J connectivity index is 1.43. The topological polar surface area (TPSA) is 65.8 Å². The van der Waals surface area contributed by atoms with Gasteiger partial charge in [-0.15, -0.1) is 0 Å². The number of aromatic nitrogens is 1. The molecule has 3 heterocycles. The highest BCUT2D eigenvalue weighted by Crippen LogP contribution is 2.74. The van der Waals surface area contributed by atoms with E-state index in [1.165, 1.54) is 5.57 Å². The van der Waals surface area contributed by atoms with Gasteiger partial charge in [-0.05, 0) is 75.2 Å². The number of fused-ring (bicyclic) bond motifs is 1. The molecule has 2 aliphatic heterocycles. The van der Waals surface area contributed by atoms with Crippen molar-refractivity contribution in [3.8, 4) is 0 Å². The zero-order valence-corrected chi connectivity index (χ0v) is 19.6. The minimum Gasteiger partial charge on any atom is -0.389 e. The largest absolute Gasteiger partial charge is 0.389 e. The Kier molecular flexibility index (Phi) is 4.43. The molecule has 9 atom stereocenters. The van der Waals surface area contributed by atoms with Crippen LogP contribution in [0.1, 0.15) is 57.4 Å². The molecule has 2 saturated heterocycles. The first-order chi connectivity index (χ1) is 15.5. The Labute approximate surface area is 193 Å². The number of alkyl halides is 2. The number of allylic oxidation sites excluding steroid dienone is 2. The average Bonchev–Trinajstić information content (AvgIpc) is 3.33. The predicted octanol–water partition coefficient (Wildman–Crippen LogP) is 3.45. The van der Waals surface area contributed by atoms with Crippen molar-refractivity contribution in [2.45, 2.75) is 92.7 Å². The maximum Gasteiger partial charge on any atom is 0.171 e. The molecule has 0 radical (unpaired) electrons. The van der Waals surface area contributed by atoms with Crippen molar-refractivity contribution in [1.82, 2.24) is 9.88 Å². The highest BCUT2D eigenvalue weighted by molar-refractivity contribution is 5.73. The Bertz CT molecular complexity index is 1010. The van der Waals surface area contributed by atoms with Crippen LogP contribution in [0.2, 0.25) is 0 Å². The fraction of sp³-hybridized carbons (Fsp3) is 0.731. The highest BCUT2D eigenvalue weighted by atomic mass is 19.2. The van der Waals surface area contributed by atoms with Crippen LogP contribution >= 0.6 is 0 Å². The Morgan fingerprint density at radius 3 is 2.64 bits per heavy atom. The second-order valence-electron chi connectivity index (χ2n) is 11.7. The molecule has 2 N–H and O–H groups in total. The maximum atomic E-state index is 17.0. The van der Waals surface area contributed by atoms with E-state index in [0.29, 0.717) is 25.7 Å². The number of ether oxygens (including phenoxy) is 1. The van der Waals surface area contributed by atoms with Crippen molar-refractivity contribution >= 4 is 5.57 Å². The molecule has 6 rings (SSSR count). The van der Waals surface area contributed by atoms with Gasteiger partial charge in [0.05, 0.1) is 6.10 Å². The van der Waals surface area contributed by atoms with Crippen LogP contribution in [0.25, 0.3) is 5.57 Å². The zero-order chi connectivity index (χ0) is 23.4. The minimum atomic E-state index is -2.31. The first-order valence-electron chi connectivity index (χ1n) is 12.2. The SMILES string of the molecule is CN(C)C1CC23CCC4(O2)C2CC=C(c5cccnc5)C2(C)CCC4(F)CC3(F)C(O)C1O. The lowest BCUT2D eigenvalue weighted by Gasteiger charge is -2.65. The van der Waals surface area contributed by atoms with Crippen molar-refractivity contribution in [3.05, 3.63) is 36.2 Å². The first kappa shape index (κ1) is 22.1. The number of nitrogens with zero attached hydrogens (tertiary/aromatic N) is 2. The van der Waals surface area contributed by atoms with Gasteiger partial charge < -0.3 is 19.8 Å². The van der Waals surface area contributed by atoms with E-state index in [1.54, 1.807) is 6.20 Å². The van der Waals surface area contributed by atoms with E-state index in [2.05, 4.69) is 18.0 Å². The minimum absolute atomic E-state index is 0.107. The molecule has 1 aromatic heterocycles. The lowest BCUT2D eigenvalue weighted by molar-refractivity contribution is -0.347. The summed E-state index contributed by atoms with van der Waals surface area (Å²) < 4.78 is 40.5. The average molecular weight is 461 g/mol. The van der Waals surface area contributed by atoms with E-state index >= 15 is 8.78 Å². The predicted molar refractivity (Wildman–Crippen MR) is 120 cm³/mol. The molecule has 0 aromatic carbocycles. The van der Waals surface area contributed by atoms with Crippen molar-refractivity contribution in [2.24, 2.45) is 11.3 Å². The molecule has 5 aliphatic rings. The molecule has 180 valence electrons. The zero-order valence-electron chi connectivity index (χ0n) is 19.6. The number of aliphatic hydroxyl groups is 2. The molecule has 7 heteroatoms. The van der Waals surface area contributed by atoms with E-state index in [-0.39, 0.29) is 24.2 Å². The third kappa shape index (κ3) is 2.47. The van der Waals surface area contributed by atoms with Gasteiger partial charge in [0.15, 0.2) is 5.67 Å². The van der Waals surface area contributed by atoms with E-state index in [1.807, 2.05) is 37.3 Å². The molecule has 2 spiro atoms. The summed E-state index contributed by atoms with van der Waals surface area (Å²) in [6.45, 7) is 2.20. The first-order valence-corrected chi connectivity index (χ1v) is 12.2. The summed E-state index contributed by atoms with van der Waals surface area (Å²) in [5, 5.41) is 21.7. The molecule has 9 unspecified atom stereocenters. The summed E-state index contributed by atoms with van der Waals surface area (Å²) in [5.41, 5.74) is -4.61. The molecule has 1 aromatic rings. The number of rotatable bonds is 2. The fourth-order valence-corrected chi connectivity index (χ4v) is 8.50. The van der Waals surface area contributed by atoms with Crippen LogP contribution in [0.5, 0.6) is 0 Å². The van der Waals surface area contributed by atoms with Gasteiger partial charge in [0.25, 0.3) is 0 Å². The van der Waals surface area contributed by atoms with Crippen LogP contribution in [0.3, 0.4) is 0 Å². The second-order valence-corrected chi connectivity index (χ2v) is 11.7. The van der Waals surface area contributed by atoms with Crippen molar-refractivity contribution < 1.29 is 23.7 Å². The van der Waals surface area contributed by atoms with Crippen LogP contribution in [0.4, 0.5) is 8.78 Å². The quantitative estimate of drug-likeness (QED) is 0.708. The normalized spacial score (nSPS) is 52.8. The van der Waals surface area contributed by atoms with Gasteiger partial charge in [-0.25, -0.2) is 8.78 Å². The number of hydrogen-bond donors (Lipinski definition) is 2. The van der Waals surface area contributed by atoms with Crippen LogP contribution in [0, 0.1) is 11.3 Å². The summed E-state index contributed by atoms with van der Waals surface area (Å²) in [4.78, 5) is 6.11. The number of hydrogen-bond acceptors (Lipinski definition) is 5. The van der Waals surface area contributed by atoms with Crippen LogP contribution < -0.4 is 0 Å². The summed E-state index contributed by atoms with van der Waals surface area (Å²) in [7, 11) is 3.63. The molecule has 5 nitrogen and oxygen atoms in total. The van der Waals surface area contributed by atoms with E-state index < -0.39 is 47.2 Å². The Hall–Kier alpha value is -1.41. The van der Waals surface area contributed by atoms with Gasteiger partial charge in [0, 0.05) is 30.8 Å². The molecule has 3 aliphatic carbocycles. The van der Waals surface area contributed by atoms with Gasteiger partial charge in [-0.1, -0.05) is 19.1 Å². The van der Waals surface area contributed by atoms with Crippen molar-refractivity contribution in [1.29, 1.82) is 0 Å². The molecular formula is C26H34F2N2O3. The van der Waals surface area contributed by atoms with E-state index in [0.717, 1.165) is 5.56 Å². The molecule has 2 bridgehead atoms. The van der Waals surface area contributed by atoms with Crippen LogP contribution in [-0.4, -0.2) is 75.0 Å². The monoisotopic (exact) mass is 460 g/mol. The molecule has 0 amide bonds. The van der Waals surface area contributed by atoms with Crippen molar-refractivity contribution in [2.75, 3.05) is 14.1 Å².